The van der Waals surface area contributed by atoms with Crippen LogP contribution in [0.25, 0.3) is 0 Å². The molecule has 2 aromatic rings. The zero-order valence-corrected chi connectivity index (χ0v) is 10.5. The number of hydrogen-bond acceptors (Lipinski definition) is 3. The Morgan fingerprint density at radius 2 is 2.00 bits per heavy atom. The molecule has 0 unspecified atom stereocenters. The van der Waals surface area contributed by atoms with Crippen molar-refractivity contribution >= 4 is 15.7 Å². The molecule has 1 N–H and O–H groups in total. The van der Waals surface area contributed by atoms with Crippen LogP contribution in [0.15, 0.2) is 41.8 Å². The monoisotopic (exact) mass is 269 g/mol. The summed E-state index contributed by atoms with van der Waals surface area (Å²) in [6.07, 6.45) is 2.53. The Balaban J connectivity index is 2.43. The normalized spacial score (nSPS) is 11.4. The fourth-order valence-corrected chi connectivity index (χ4v) is 2.97. The Hall–Kier alpha value is -1.89. The zero-order chi connectivity index (χ0) is 13.2. The molecule has 0 aliphatic rings. The molecular weight excluding hydrogens is 257 g/mol. The number of H-pyrrole nitrogens is 1. The van der Waals surface area contributed by atoms with Gasteiger partial charge in [0.05, 0.1) is 18.2 Å². The number of imidazole rings is 1. The number of halogens is 1. The van der Waals surface area contributed by atoms with Gasteiger partial charge in [-0.25, -0.2) is 9.37 Å². The molecule has 0 aliphatic carbocycles. The van der Waals surface area contributed by atoms with Gasteiger partial charge < -0.3 is 4.98 Å². The third kappa shape index (κ3) is 2.21. The zero-order valence-electron chi connectivity index (χ0n) is 9.67. The second-order valence-electron chi connectivity index (χ2n) is 3.56. The van der Waals surface area contributed by atoms with E-state index >= 15 is 0 Å². The predicted octanol–water partition coefficient (Wildman–Crippen LogP) is 1.76. The van der Waals surface area contributed by atoms with Crippen molar-refractivity contribution in [1.29, 1.82) is 0 Å². The van der Waals surface area contributed by atoms with Gasteiger partial charge in [-0.05, 0) is 31.2 Å². The van der Waals surface area contributed by atoms with Crippen LogP contribution < -0.4 is 4.31 Å². The van der Waals surface area contributed by atoms with Gasteiger partial charge in [-0.15, -0.1) is 0 Å². The second kappa shape index (κ2) is 4.77. The molecule has 0 saturated carbocycles. The number of aromatic amines is 1. The van der Waals surface area contributed by atoms with Gasteiger partial charge in [0.1, 0.15) is 5.82 Å². The Kier molecular flexibility index (Phi) is 3.33. The van der Waals surface area contributed by atoms with Crippen LogP contribution in [-0.2, 0) is 10.0 Å². The van der Waals surface area contributed by atoms with E-state index in [1.807, 2.05) is 0 Å². The molecule has 0 radical (unpaired) electrons. The molecule has 96 valence electrons. The molecule has 7 heteroatoms. The lowest BCUT2D eigenvalue weighted by atomic mass is 10.3. The number of rotatable bonds is 4. The van der Waals surface area contributed by atoms with Crippen LogP contribution in [0.1, 0.15) is 6.92 Å². The van der Waals surface area contributed by atoms with Crippen LogP contribution in [0.2, 0.25) is 0 Å². The van der Waals surface area contributed by atoms with Crippen LogP contribution >= 0.6 is 0 Å². The predicted molar refractivity (Wildman–Crippen MR) is 65.2 cm³/mol. The largest absolute Gasteiger partial charge is 0.334 e. The first-order valence-electron chi connectivity index (χ1n) is 5.32. The number of sulfonamides is 1. The van der Waals surface area contributed by atoms with E-state index in [9.17, 15) is 12.8 Å². The average molecular weight is 269 g/mol. The first-order chi connectivity index (χ1) is 8.55. The van der Waals surface area contributed by atoms with Crippen LogP contribution in [0.4, 0.5) is 10.1 Å². The van der Waals surface area contributed by atoms with E-state index in [4.69, 9.17) is 0 Å². The van der Waals surface area contributed by atoms with Crippen molar-refractivity contribution in [1.82, 2.24) is 9.97 Å². The van der Waals surface area contributed by atoms with Gasteiger partial charge in [0, 0.05) is 6.54 Å². The summed E-state index contributed by atoms with van der Waals surface area (Å²) in [6.45, 7) is 1.95. The van der Waals surface area contributed by atoms with Crippen molar-refractivity contribution in [2.75, 3.05) is 10.8 Å². The van der Waals surface area contributed by atoms with E-state index in [1.54, 1.807) is 6.92 Å². The highest BCUT2D eigenvalue weighted by molar-refractivity contribution is 7.92. The van der Waals surface area contributed by atoms with Crippen molar-refractivity contribution in [3.63, 3.8) is 0 Å². The van der Waals surface area contributed by atoms with Crippen molar-refractivity contribution in [3.8, 4) is 0 Å². The van der Waals surface area contributed by atoms with Gasteiger partial charge in [-0.3, -0.25) is 4.31 Å². The lowest BCUT2D eigenvalue weighted by Crippen LogP contribution is -2.31. The third-order valence-corrected chi connectivity index (χ3v) is 4.27. The lowest BCUT2D eigenvalue weighted by Gasteiger charge is -2.21. The van der Waals surface area contributed by atoms with Crippen molar-refractivity contribution < 1.29 is 12.8 Å². The molecule has 0 fully saturated rings. The summed E-state index contributed by atoms with van der Waals surface area (Å²) in [4.78, 5) is 6.25. The average Bonchev–Trinajstić information content (AvgIpc) is 2.86. The quantitative estimate of drug-likeness (QED) is 0.919. The maximum Gasteiger partial charge on any atom is 0.281 e. The van der Waals surface area contributed by atoms with E-state index in [-0.39, 0.29) is 11.6 Å². The van der Waals surface area contributed by atoms with E-state index in [0.29, 0.717) is 5.69 Å². The van der Waals surface area contributed by atoms with Crippen LogP contribution in [-0.4, -0.2) is 24.9 Å². The summed E-state index contributed by atoms with van der Waals surface area (Å²) in [7, 11) is -3.68. The fourth-order valence-electron chi connectivity index (χ4n) is 1.60. The van der Waals surface area contributed by atoms with E-state index in [1.165, 1.54) is 41.1 Å². The van der Waals surface area contributed by atoms with Crippen molar-refractivity contribution in [2.24, 2.45) is 0 Å². The molecule has 1 aromatic heterocycles. The van der Waals surface area contributed by atoms with Gasteiger partial charge in [0.15, 0.2) is 5.03 Å². The molecule has 0 bridgehead atoms. The number of aromatic nitrogens is 2. The molecule has 5 nitrogen and oxygen atoms in total. The molecule has 0 amide bonds. The fraction of sp³-hybridized carbons (Fsp3) is 0.182. The summed E-state index contributed by atoms with van der Waals surface area (Å²) in [5.41, 5.74) is 0.411. The Labute approximate surface area is 104 Å². The molecule has 0 aliphatic heterocycles. The number of anilines is 1. The topological polar surface area (TPSA) is 66.1 Å². The van der Waals surface area contributed by atoms with Crippen LogP contribution in [0.5, 0.6) is 0 Å². The number of benzene rings is 1. The summed E-state index contributed by atoms with van der Waals surface area (Å²) >= 11 is 0. The second-order valence-corrected chi connectivity index (χ2v) is 5.39. The van der Waals surface area contributed by atoms with Crippen molar-refractivity contribution in [3.05, 3.63) is 42.6 Å². The number of hydrogen-bond donors (Lipinski definition) is 1. The summed E-state index contributed by atoms with van der Waals surface area (Å²) < 4.78 is 38.6. The molecule has 18 heavy (non-hydrogen) atoms. The SMILES string of the molecule is CCN(c1ccc(F)cc1)S(=O)(=O)c1cnc[nH]1. The summed E-state index contributed by atoms with van der Waals surface area (Å²) in [6, 6.07) is 5.29. The van der Waals surface area contributed by atoms with Gasteiger partial charge in [0.2, 0.25) is 0 Å². The third-order valence-electron chi connectivity index (χ3n) is 2.44. The van der Waals surface area contributed by atoms with Crippen LogP contribution in [0, 0.1) is 5.82 Å². The molecule has 0 spiro atoms. The van der Waals surface area contributed by atoms with Crippen molar-refractivity contribution in [2.45, 2.75) is 11.9 Å². The van der Waals surface area contributed by atoms with Gasteiger partial charge in [-0.1, -0.05) is 0 Å². The van der Waals surface area contributed by atoms with Crippen LogP contribution in [0.3, 0.4) is 0 Å². The Morgan fingerprint density at radius 1 is 1.33 bits per heavy atom. The first-order valence-corrected chi connectivity index (χ1v) is 6.76. The van der Waals surface area contributed by atoms with Gasteiger partial charge in [0.25, 0.3) is 10.0 Å². The molecule has 0 atom stereocenters. The van der Waals surface area contributed by atoms with Gasteiger partial charge >= 0.3 is 0 Å². The van der Waals surface area contributed by atoms with E-state index < -0.39 is 15.8 Å². The lowest BCUT2D eigenvalue weighted by molar-refractivity contribution is 0.588. The maximum absolute atomic E-state index is 12.8. The molecule has 1 aromatic carbocycles. The minimum atomic E-state index is -3.68. The number of nitrogens with one attached hydrogen (secondary N) is 1. The highest BCUT2D eigenvalue weighted by Gasteiger charge is 2.24. The molecule has 1 heterocycles. The highest BCUT2D eigenvalue weighted by Crippen LogP contribution is 2.22. The minimum Gasteiger partial charge on any atom is -0.334 e. The van der Waals surface area contributed by atoms with E-state index in [0.717, 1.165) is 0 Å². The maximum atomic E-state index is 12.8. The number of nitrogens with zero attached hydrogens (tertiary/aromatic N) is 2. The standard InChI is InChI=1S/C11H12FN3O2S/c1-2-15(10-5-3-9(12)4-6-10)18(16,17)11-7-13-8-14-11/h3-8H,2H2,1H3,(H,13,14). The van der Waals surface area contributed by atoms with E-state index in [2.05, 4.69) is 9.97 Å². The van der Waals surface area contributed by atoms with Gasteiger partial charge in [-0.2, -0.15) is 8.42 Å². The molecule has 2 rings (SSSR count). The summed E-state index contributed by atoms with van der Waals surface area (Å²) in [5, 5.41) is 0.00803. The summed E-state index contributed by atoms with van der Waals surface area (Å²) in [5.74, 6) is -0.409. The molecular formula is C11H12FN3O2S. The first kappa shape index (κ1) is 12.6. The molecule has 0 saturated heterocycles. The Bertz CT molecular complexity index is 608. The smallest absolute Gasteiger partial charge is 0.281 e. The Morgan fingerprint density at radius 3 is 2.50 bits per heavy atom. The minimum absolute atomic E-state index is 0.00803. The highest BCUT2D eigenvalue weighted by atomic mass is 32.2.